The van der Waals surface area contributed by atoms with Crippen LogP contribution in [0.5, 0.6) is 0 Å². The molecular weight excluding hydrogens is 348 g/mol. The quantitative estimate of drug-likeness (QED) is 0.747. The van der Waals surface area contributed by atoms with Crippen LogP contribution < -0.4 is 5.14 Å². The van der Waals surface area contributed by atoms with Gasteiger partial charge in [-0.1, -0.05) is 17.7 Å². The number of tetrazole rings is 1. The molecule has 2 aromatic heterocycles. The number of rotatable bonds is 4. The van der Waals surface area contributed by atoms with E-state index in [-0.39, 0.29) is 4.90 Å². The van der Waals surface area contributed by atoms with Crippen molar-refractivity contribution in [3.8, 4) is 5.69 Å². The highest BCUT2D eigenvalue weighted by atomic mass is 32.2. The molecule has 1 aromatic carbocycles. The number of nitrogens with two attached hydrogens (primary N) is 1. The van der Waals surface area contributed by atoms with Gasteiger partial charge >= 0.3 is 0 Å². The topological polar surface area (TPSA) is 117 Å². The van der Waals surface area contributed by atoms with Crippen LogP contribution in [0.2, 0.25) is 0 Å². The molecule has 0 bridgehead atoms. The highest BCUT2D eigenvalue weighted by Gasteiger charge is 2.14. The molecule has 0 amide bonds. The third kappa shape index (κ3) is 3.45. The normalized spacial score (nSPS) is 11.6. The number of hydrogen-bond donors (Lipinski definition) is 1. The summed E-state index contributed by atoms with van der Waals surface area (Å²) in [6.45, 7) is 4.00. The maximum Gasteiger partial charge on any atom is 0.239 e. The van der Waals surface area contributed by atoms with Gasteiger partial charge in [0.25, 0.3) is 0 Å². The van der Waals surface area contributed by atoms with Crippen LogP contribution in [0, 0.1) is 13.8 Å². The molecule has 8 nitrogen and oxygen atoms in total. The summed E-state index contributed by atoms with van der Waals surface area (Å²) in [7, 11) is -3.76. The van der Waals surface area contributed by atoms with Crippen LogP contribution in [0.4, 0.5) is 0 Å². The maximum absolute atomic E-state index is 11.3. The Hall–Kier alpha value is -2.30. The van der Waals surface area contributed by atoms with Crippen molar-refractivity contribution in [3.05, 3.63) is 47.7 Å². The van der Waals surface area contributed by atoms with E-state index >= 15 is 0 Å². The molecule has 3 rings (SSSR count). The summed E-state index contributed by atoms with van der Waals surface area (Å²) in [4.78, 5) is 4.05. The van der Waals surface area contributed by atoms with Gasteiger partial charge in [-0.05, 0) is 59.8 Å². The highest BCUT2D eigenvalue weighted by molar-refractivity contribution is 7.99. The Balaban J connectivity index is 1.91. The number of aromatic nitrogens is 5. The molecule has 0 saturated carbocycles. The molecule has 124 valence electrons. The lowest BCUT2D eigenvalue weighted by Crippen LogP contribution is -2.12. The zero-order valence-electron chi connectivity index (χ0n) is 12.9. The molecule has 10 heteroatoms. The van der Waals surface area contributed by atoms with Crippen LogP contribution >= 0.6 is 11.8 Å². The molecule has 24 heavy (non-hydrogen) atoms. The third-order valence-corrected chi connectivity index (χ3v) is 5.04. The molecule has 0 aliphatic rings. The van der Waals surface area contributed by atoms with Crippen molar-refractivity contribution < 1.29 is 8.42 Å². The van der Waals surface area contributed by atoms with Gasteiger partial charge in [-0.15, -0.1) is 5.10 Å². The monoisotopic (exact) mass is 362 g/mol. The molecule has 2 heterocycles. The second-order valence-corrected chi connectivity index (χ2v) is 7.69. The van der Waals surface area contributed by atoms with Gasteiger partial charge in [0, 0.05) is 6.20 Å². The highest BCUT2D eigenvalue weighted by Crippen LogP contribution is 2.27. The molecule has 0 atom stereocenters. The minimum absolute atomic E-state index is 0.0409. The summed E-state index contributed by atoms with van der Waals surface area (Å²) in [5.41, 5.74) is 3.06. The summed E-state index contributed by atoms with van der Waals surface area (Å²) >= 11 is 1.23. The zero-order valence-corrected chi connectivity index (χ0v) is 14.5. The molecule has 2 N–H and O–H groups in total. The van der Waals surface area contributed by atoms with E-state index in [0.717, 1.165) is 16.8 Å². The van der Waals surface area contributed by atoms with E-state index in [1.165, 1.54) is 24.0 Å². The lowest BCUT2D eigenvalue weighted by Gasteiger charge is -2.08. The van der Waals surface area contributed by atoms with Crippen LogP contribution in [-0.2, 0) is 10.0 Å². The Kier molecular flexibility index (Phi) is 4.35. The molecule has 0 radical (unpaired) electrons. The van der Waals surface area contributed by atoms with Crippen molar-refractivity contribution in [2.75, 3.05) is 0 Å². The lowest BCUT2D eigenvalue weighted by atomic mass is 10.1. The van der Waals surface area contributed by atoms with Crippen LogP contribution in [0.1, 0.15) is 11.1 Å². The first-order chi connectivity index (χ1) is 11.3. The zero-order chi connectivity index (χ0) is 17.3. The van der Waals surface area contributed by atoms with Crippen LogP contribution in [0.25, 0.3) is 5.69 Å². The first-order valence-corrected chi connectivity index (χ1v) is 9.23. The van der Waals surface area contributed by atoms with E-state index in [1.807, 2.05) is 32.0 Å². The van der Waals surface area contributed by atoms with Gasteiger partial charge in [0.15, 0.2) is 0 Å². The fourth-order valence-corrected chi connectivity index (χ4v) is 3.31. The van der Waals surface area contributed by atoms with E-state index in [1.54, 1.807) is 10.7 Å². The SMILES string of the molecule is Cc1ccc(-n2nnnc2Sc2ccc(S(N)(=O)=O)cn2)c(C)c1. The van der Waals surface area contributed by atoms with Gasteiger partial charge in [-0.3, -0.25) is 0 Å². The predicted octanol–water partition coefficient (Wildman–Crippen LogP) is 1.47. The first-order valence-electron chi connectivity index (χ1n) is 6.87. The number of hydrogen-bond acceptors (Lipinski definition) is 7. The standard InChI is InChI=1S/C14H14N6O2S2/c1-9-3-5-12(10(2)7-9)20-14(17-18-19-20)23-13-6-4-11(8-16-13)24(15,21)22/h3-8H,1-2H3,(H2,15,21,22). The Morgan fingerprint density at radius 2 is 1.96 bits per heavy atom. The van der Waals surface area contributed by atoms with Gasteiger partial charge in [0.2, 0.25) is 15.2 Å². The van der Waals surface area contributed by atoms with E-state index in [4.69, 9.17) is 5.14 Å². The van der Waals surface area contributed by atoms with Gasteiger partial charge in [0.1, 0.15) is 9.92 Å². The number of pyridine rings is 1. The maximum atomic E-state index is 11.3. The molecule has 0 saturated heterocycles. The number of sulfonamides is 1. The molecule has 3 aromatic rings. The van der Waals surface area contributed by atoms with Crippen LogP contribution in [-0.4, -0.2) is 33.6 Å². The molecule has 0 unspecified atom stereocenters. The van der Waals surface area contributed by atoms with E-state index < -0.39 is 10.0 Å². The summed E-state index contributed by atoms with van der Waals surface area (Å²) in [6.07, 6.45) is 1.21. The van der Waals surface area contributed by atoms with Crippen LogP contribution in [0.3, 0.4) is 0 Å². The largest absolute Gasteiger partial charge is 0.248 e. The molecule has 0 fully saturated rings. The molecule has 0 aliphatic heterocycles. The lowest BCUT2D eigenvalue weighted by molar-refractivity contribution is 0.597. The fraction of sp³-hybridized carbons (Fsp3) is 0.143. The van der Waals surface area contributed by atoms with Crippen molar-refractivity contribution in [3.63, 3.8) is 0 Å². The number of nitrogens with zero attached hydrogens (tertiary/aromatic N) is 5. The Morgan fingerprint density at radius 3 is 2.58 bits per heavy atom. The smallest absolute Gasteiger partial charge is 0.239 e. The van der Waals surface area contributed by atoms with E-state index in [2.05, 4.69) is 20.5 Å². The summed E-state index contributed by atoms with van der Waals surface area (Å²) in [5, 5.41) is 17.9. The summed E-state index contributed by atoms with van der Waals surface area (Å²) in [5.74, 6) is 0. The van der Waals surface area contributed by atoms with Gasteiger partial charge < -0.3 is 0 Å². The van der Waals surface area contributed by atoms with Crippen molar-refractivity contribution in [2.45, 2.75) is 28.9 Å². The van der Waals surface area contributed by atoms with Crippen LogP contribution in [0.15, 0.2) is 51.6 Å². The minimum Gasteiger partial charge on any atom is -0.248 e. The van der Waals surface area contributed by atoms with Crippen molar-refractivity contribution in [1.29, 1.82) is 0 Å². The second kappa shape index (κ2) is 6.30. The van der Waals surface area contributed by atoms with Crippen molar-refractivity contribution in [2.24, 2.45) is 5.14 Å². The molecule has 0 aliphatic carbocycles. The fourth-order valence-electron chi connectivity index (χ4n) is 2.13. The Morgan fingerprint density at radius 1 is 1.17 bits per heavy atom. The minimum atomic E-state index is -3.76. The van der Waals surface area contributed by atoms with E-state index in [0.29, 0.717) is 10.2 Å². The number of primary sulfonamides is 1. The average Bonchev–Trinajstić information content (AvgIpc) is 2.95. The van der Waals surface area contributed by atoms with Crippen molar-refractivity contribution >= 4 is 21.8 Å². The number of benzene rings is 1. The predicted molar refractivity (Wildman–Crippen MR) is 88.4 cm³/mol. The summed E-state index contributed by atoms with van der Waals surface area (Å²) in [6, 6.07) is 8.94. The van der Waals surface area contributed by atoms with Gasteiger partial charge in [-0.2, -0.15) is 4.68 Å². The Bertz CT molecular complexity index is 983. The Labute approximate surface area is 143 Å². The molecule has 0 spiro atoms. The number of aryl methyl sites for hydroxylation is 2. The molecular formula is C14H14N6O2S2. The summed E-state index contributed by atoms with van der Waals surface area (Å²) < 4.78 is 24.1. The van der Waals surface area contributed by atoms with Gasteiger partial charge in [-0.25, -0.2) is 18.5 Å². The van der Waals surface area contributed by atoms with Crippen molar-refractivity contribution in [1.82, 2.24) is 25.2 Å². The second-order valence-electron chi connectivity index (χ2n) is 5.14. The third-order valence-electron chi connectivity index (χ3n) is 3.25. The average molecular weight is 362 g/mol. The van der Waals surface area contributed by atoms with E-state index in [9.17, 15) is 8.42 Å². The van der Waals surface area contributed by atoms with Gasteiger partial charge in [0.05, 0.1) is 5.69 Å². The first kappa shape index (κ1) is 16.6.